The molecule has 0 aromatic heterocycles. The van der Waals surface area contributed by atoms with Crippen LogP contribution in [0.25, 0.3) is 0 Å². The van der Waals surface area contributed by atoms with Gasteiger partial charge in [-0.25, -0.2) is 0 Å². The van der Waals surface area contributed by atoms with Crippen molar-refractivity contribution in [2.24, 2.45) is 0 Å². The van der Waals surface area contributed by atoms with Crippen LogP contribution in [-0.4, -0.2) is 39.2 Å². The van der Waals surface area contributed by atoms with E-state index in [1.54, 1.807) is 0 Å². The number of rotatable bonds is 4. The summed E-state index contributed by atoms with van der Waals surface area (Å²) >= 11 is 2.48. The molecule has 0 atom stereocenters. The number of carbonyl (C=O) groups excluding carboxylic acids is 1. The fourth-order valence-corrected chi connectivity index (χ4v) is 2.58. The summed E-state index contributed by atoms with van der Waals surface area (Å²) < 4.78 is 6.08. The first kappa shape index (κ1) is 20.7. The molecular weight excluding hydrogens is 422 g/mol. The van der Waals surface area contributed by atoms with E-state index in [0.29, 0.717) is 0 Å². The molecule has 20 heavy (non-hydrogen) atoms. The summed E-state index contributed by atoms with van der Waals surface area (Å²) in [6.07, 6.45) is 2.56. The fourth-order valence-electron chi connectivity index (χ4n) is 2.02. The molecule has 1 rings (SSSR count). The predicted octanol–water partition coefficient (Wildman–Crippen LogP) is 3.33. The van der Waals surface area contributed by atoms with Crippen molar-refractivity contribution in [2.75, 3.05) is 13.1 Å². The standard InChI is InChI=1S/C14H26INO3.Zn/c1-13(2,3)18-12(17)10-14(4,5)19-16-8-6-11(15)7-9-16;/h11H,6-10H2,1-5H3;. The van der Waals surface area contributed by atoms with Gasteiger partial charge in [-0.3, -0.25) is 9.63 Å². The zero-order chi connectivity index (χ0) is 14.7. The first-order chi connectivity index (χ1) is 8.57. The predicted molar refractivity (Wildman–Crippen MR) is 84.2 cm³/mol. The van der Waals surface area contributed by atoms with Crippen LogP contribution in [-0.2, 0) is 33.8 Å². The molecule has 0 aromatic carbocycles. The summed E-state index contributed by atoms with van der Waals surface area (Å²) in [5, 5.41) is 1.99. The van der Waals surface area contributed by atoms with Gasteiger partial charge < -0.3 is 4.74 Å². The summed E-state index contributed by atoms with van der Waals surface area (Å²) in [6.45, 7) is 11.4. The molecule has 1 saturated heterocycles. The van der Waals surface area contributed by atoms with Crippen molar-refractivity contribution in [3.8, 4) is 0 Å². The minimum absolute atomic E-state index is 0. The van der Waals surface area contributed by atoms with Crippen LogP contribution < -0.4 is 0 Å². The van der Waals surface area contributed by atoms with Gasteiger partial charge in [-0.15, -0.1) is 0 Å². The summed E-state index contributed by atoms with van der Waals surface area (Å²) in [5.74, 6) is -0.207. The number of hydroxylamine groups is 2. The molecule has 114 valence electrons. The molecule has 4 nitrogen and oxygen atoms in total. The van der Waals surface area contributed by atoms with Gasteiger partial charge >= 0.3 is 5.97 Å². The molecule has 6 heteroatoms. The van der Waals surface area contributed by atoms with Crippen LogP contribution in [0.1, 0.15) is 53.9 Å². The molecule has 0 unspecified atom stereocenters. The monoisotopic (exact) mass is 447 g/mol. The average molecular weight is 449 g/mol. The van der Waals surface area contributed by atoms with Gasteiger partial charge in [0.15, 0.2) is 0 Å². The summed E-state index contributed by atoms with van der Waals surface area (Å²) in [5.41, 5.74) is -0.951. The van der Waals surface area contributed by atoms with Crippen LogP contribution in [0.2, 0.25) is 0 Å². The van der Waals surface area contributed by atoms with Crippen molar-refractivity contribution in [1.82, 2.24) is 5.06 Å². The Labute approximate surface area is 149 Å². The molecule has 0 aliphatic carbocycles. The number of hydrogen-bond acceptors (Lipinski definition) is 4. The van der Waals surface area contributed by atoms with E-state index in [9.17, 15) is 4.79 Å². The van der Waals surface area contributed by atoms with E-state index < -0.39 is 11.2 Å². The van der Waals surface area contributed by atoms with Gasteiger partial charge in [0.1, 0.15) is 5.60 Å². The largest absolute Gasteiger partial charge is 0.460 e. The molecule has 0 spiro atoms. The SMILES string of the molecule is CC(C)(C)OC(=O)CC(C)(C)ON1CCC(I)CC1.[Zn]. The molecular formula is C14H26INO3Zn. The summed E-state index contributed by atoms with van der Waals surface area (Å²) in [7, 11) is 0. The Kier molecular flexibility index (Phi) is 8.71. The first-order valence-corrected chi connectivity index (χ1v) is 8.12. The Morgan fingerprint density at radius 2 is 1.70 bits per heavy atom. The van der Waals surface area contributed by atoms with Crippen molar-refractivity contribution in [1.29, 1.82) is 0 Å². The topological polar surface area (TPSA) is 38.8 Å². The molecule has 0 saturated carbocycles. The first-order valence-electron chi connectivity index (χ1n) is 6.87. The van der Waals surface area contributed by atoms with Crippen LogP contribution in [0, 0.1) is 0 Å². The van der Waals surface area contributed by atoms with Crippen LogP contribution in [0.3, 0.4) is 0 Å². The van der Waals surface area contributed by atoms with Crippen LogP contribution in [0.4, 0.5) is 0 Å². The van der Waals surface area contributed by atoms with Gasteiger partial charge in [0.25, 0.3) is 0 Å². The third kappa shape index (κ3) is 8.90. The second kappa shape index (κ2) is 8.40. The van der Waals surface area contributed by atoms with Gasteiger partial charge in [0, 0.05) is 36.5 Å². The van der Waals surface area contributed by atoms with E-state index in [1.807, 2.05) is 39.7 Å². The van der Waals surface area contributed by atoms with Gasteiger partial charge in [0.05, 0.1) is 12.0 Å². The van der Waals surface area contributed by atoms with Crippen molar-refractivity contribution in [2.45, 2.75) is 69.0 Å². The molecule has 0 N–H and O–H groups in total. The van der Waals surface area contributed by atoms with Crippen molar-refractivity contribution in [3.05, 3.63) is 0 Å². The summed E-state index contributed by atoms with van der Waals surface area (Å²) in [4.78, 5) is 17.8. The van der Waals surface area contributed by atoms with Crippen molar-refractivity contribution in [3.63, 3.8) is 0 Å². The zero-order valence-electron chi connectivity index (χ0n) is 13.4. The minimum atomic E-state index is -0.513. The average Bonchev–Trinajstić information content (AvgIpc) is 2.17. The van der Waals surface area contributed by atoms with E-state index >= 15 is 0 Å². The maximum Gasteiger partial charge on any atom is 0.309 e. The molecule has 0 bridgehead atoms. The minimum Gasteiger partial charge on any atom is -0.460 e. The Balaban J connectivity index is 0.00000361. The molecule has 1 fully saturated rings. The second-order valence-electron chi connectivity index (χ2n) is 6.72. The summed E-state index contributed by atoms with van der Waals surface area (Å²) in [6, 6.07) is 0. The fraction of sp³-hybridized carbons (Fsp3) is 0.929. The number of nitrogens with zero attached hydrogens (tertiary/aromatic N) is 1. The van der Waals surface area contributed by atoms with Crippen LogP contribution in [0.5, 0.6) is 0 Å². The van der Waals surface area contributed by atoms with Gasteiger partial charge in [-0.1, -0.05) is 22.6 Å². The number of piperidine rings is 1. The van der Waals surface area contributed by atoms with Gasteiger partial charge in [-0.05, 0) is 47.5 Å². The molecule has 1 aliphatic heterocycles. The Morgan fingerprint density at radius 1 is 1.20 bits per heavy atom. The molecule has 0 radical (unpaired) electrons. The Morgan fingerprint density at radius 3 is 2.15 bits per heavy atom. The van der Waals surface area contributed by atoms with Crippen molar-refractivity contribution < 1.29 is 33.8 Å². The number of carbonyl (C=O) groups is 1. The number of alkyl halides is 1. The quantitative estimate of drug-likeness (QED) is 0.286. The van der Waals surface area contributed by atoms with E-state index in [4.69, 9.17) is 9.57 Å². The van der Waals surface area contributed by atoms with E-state index in [2.05, 4.69) is 22.6 Å². The molecule has 1 heterocycles. The Hall–Kier alpha value is 0.743. The number of ether oxygens (including phenoxy) is 1. The smallest absolute Gasteiger partial charge is 0.309 e. The number of halogens is 1. The number of esters is 1. The van der Waals surface area contributed by atoms with Crippen LogP contribution >= 0.6 is 22.6 Å². The van der Waals surface area contributed by atoms with Gasteiger partial charge in [0.2, 0.25) is 0 Å². The maximum atomic E-state index is 11.8. The van der Waals surface area contributed by atoms with E-state index in [-0.39, 0.29) is 31.9 Å². The van der Waals surface area contributed by atoms with E-state index in [0.717, 1.165) is 29.9 Å². The second-order valence-corrected chi connectivity index (χ2v) is 8.48. The zero-order valence-corrected chi connectivity index (χ0v) is 18.5. The molecule has 0 aromatic rings. The van der Waals surface area contributed by atoms with Crippen LogP contribution in [0.15, 0.2) is 0 Å². The molecule has 1 aliphatic rings. The maximum absolute atomic E-state index is 11.8. The molecule has 0 amide bonds. The number of hydrogen-bond donors (Lipinski definition) is 0. The van der Waals surface area contributed by atoms with Crippen molar-refractivity contribution >= 4 is 28.6 Å². The normalized spacial score (nSPS) is 18.5. The van der Waals surface area contributed by atoms with E-state index in [1.165, 1.54) is 0 Å². The third-order valence-corrected chi connectivity index (χ3v) is 4.00. The van der Waals surface area contributed by atoms with Gasteiger partial charge in [-0.2, -0.15) is 5.06 Å². The Bertz CT molecular complexity index is 310. The third-order valence-electron chi connectivity index (χ3n) is 2.75.